The third-order valence-corrected chi connectivity index (χ3v) is 4.55. The van der Waals surface area contributed by atoms with Gasteiger partial charge in [0.1, 0.15) is 0 Å². The van der Waals surface area contributed by atoms with E-state index in [2.05, 4.69) is 5.92 Å². The zero-order valence-corrected chi connectivity index (χ0v) is 15.1. The highest BCUT2D eigenvalue weighted by Gasteiger charge is 2.36. The summed E-state index contributed by atoms with van der Waals surface area (Å²) in [6, 6.07) is 9.80. The van der Waals surface area contributed by atoms with Crippen molar-refractivity contribution >= 4 is 5.91 Å². The summed E-state index contributed by atoms with van der Waals surface area (Å²) in [5.74, 6) is 2.44. The summed E-state index contributed by atoms with van der Waals surface area (Å²) in [6.45, 7) is 1.91. The first kappa shape index (κ1) is 19.5. The second-order valence-corrected chi connectivity index (χ2v) is 6.73. The Labute approximate surface area is 150 Å². The molecule has 0 radical (unpaired) electrons. The van der Waals surface area contributed by atoms with Gasteiger partial charge in [0.15, 0.2) is 6.10 Å². The van der Waals surface area contributed by atoms with Crippen LogP contribution in [-0.2, 0) is 16.1 Å². The molecule has 5 nitrogen and oxygen atoms in total. The number of ether oxygens (including phenoxy) is 1. The lowest BCUT2D eigenvalue weighted by Crippen LogP contribution is -2.49. The summed E-state index contributed by atoms with van der Waals surface area (Å²) in [5, 5.41) is 10.2. The predicted molar refractivity (Wildman–Crippen MR) is 97.8 cm³/mol. The SMILES string of the molecule is C#CCN(C)CC[C@H]1CC[C@H](O)[C@@H](C(=O)N(C)Cc2ccccc2)O1. The zero-order chi connectivity index (χ0) is 18.2. The van der Waals surface area contributed by atoms with Gasteiger partial charge < -0.3 is 14.7 Å². The van der Waals surface area contributed by atoms with Gasteiger partial charge in [-0.15, -0.1) is 6.42 Å². The van der Waals surface area contributed by atoms with Crippen molar-refractivity contribution in [2.24, 2.45) is 0 Å². The Hall–Kier alpha value is -1.87. The highest BCUT2D eigenvalue weighted by molar-refractivity contribution is 5.81. The molecule has 1 amide bonds. The maximum absolute atomic E-state index is 12.7. The van der Waals surface area contributed by atoms with Crippen LogP contribution in [0.1, 0.15) is 24.8 Å². The van der Waals surface area contributed by atoms with Crippen LogP contribution < -0.4 is 0 Å². The van der Waals surface area contributed by atoms with Gasteiger partial charge in [0.05, 0.1) is 18.8 Å². The molecule has 1 aliphatic heterocycles. The predicted octanol–water partition coefficient (Wildman–Crippen LogP) is 1.51. The van der Waals surface area contributed by atoms with Crippen LogP contribution in [0.3, 0.4) is 0 Å². The van der Waals surface area contributed by atoms with Gasteiger partial charge in [0.2, 0.25) is 0 Å². The van der Waals surface area contributed by atoms with E-state index in [0.717, 1.165) is 24.9 Å². The molecule has 0 bridgehead atoms. The summed E-state index contributed by atoms with van der Waals surface area (Å²) in [4.78, 5) is 16.4. The Morgan fingerprint density at radius 3 is 2.72 bits per heavy atom. The van der Waals surface area contributed by atoms with Gasteiger partial charge >= 0.3 is 0 Å². The van der Waals surface area contributed by atoms with Crippen LogP contribution >= 0.6 is 0 Å². The standard InChI is InChI=1S/C20H28N2O3/c1-4-13-21(2)14-12-17-10-11-18(23)19(25-17)20(24)22(3)15-16-8-6-5-7-9-16/h1,5-9,17-19,23H,10-15H2,2-3H3/t17-,18+,19+/m1/s1. The number of hydrogen-bond acceptors (Lipinski definition) is 4. The fourth-order valence-corrected chi connectivity index (χ4v) is 3.06. The molecule has 1 aromatic carbocycles. The Morgan fingerprint density at radius 2 is 2.04 bits per heavy atom. The minimum absolute atomic E-state index is 0.0253. The van der Waals surface area contributed by atoms with Gasteiger partial charge in [0.25, 0.3) is 5.91 Å². The van der Waals surface area contributed by atoms with E-state index < -0.39 is 12.2 Å². The molecule has 2 rings (SSSR count). The van der Waals surface area contributed by atoms with Crippen molar-refractivity contribution in [3.63, 3.8) is 0 Å². The topological polar surface area (TPSA) is 53.0 Å². The molecule has 0 aliphatic carbocycles. The second-order valence-electron chi connectivity index (χ2n) is 6.73. The van der Waals surface area contributed by atoms with Gasteiger partial charge in [-0.1, -0.05) is 36.3 Å². The quantitative estimate of drug-likeness (QED) is 0.762. The molecule has 1 aromatic rings. The average Bonchev–Trinajstić information content (AvgIpc) is 2.61. The lowest BCUT2D eigenvalue weighted by atomic mass is 9.98. The largest absolute Gasteiger partial charge is 0.390 e. The molecule has 1 saturated heterocycles. The smallest absolute Gasteiger partial charge is 0.254 e. The first-order valence-electron chi connectivity index (χ1n) is 8.75. The minimum Gasteiger partial charge on any atom is -0.390 e. The number of terminal acetylenes is 1. The molecule has 5 heteroatoms. The van der Waals surface area contributed by atoms with Crippen molar-refractivity contribution in [2.45, 2.75) is 44.1 Å². The molecule has 0 saturated carbocycles. The van der Waals surface area contributed by atoms with Gasteiger partial charge in [0, 0.05) is 20.1 Å². The van der Waals surface area contributed by atoms with E-state index in [0.29, 0.717) is 19.5 Å². The maximum atomic E-state index is 12.7. The number of rotatable bonds is 7. The Morgan fingerprint density at radius 1 is 1.32 bits per heavy atom. The number of amides is 1. The Bertz CT molecular complexity index is 584. The summed E-state index contributed by atoms with van der Waals surface area (Å²) in [6.07, 6.45) is 5.90. The van der Waals surface area contributed by atoms with Gasteiger partial charge in [-0.25, -0.2) is 0 Å². The molecule has 3 atom stereocenters. The van der Waals surface area contributed by atoms with Crippen molar-refractivity contribution in [1.29, 1.82) is 0 Å². The number of likely N-dealkylation sites (N-methyl/N-ethyl adjacent to an activating group) is 1. The third-order valence-electron chi connectivity index (χ3n) is 4.55. The fraction of sp³-hybridized carbons (Fsp3) is 0.550. The first-order valence-corrected chi connectivity index (χ1v) is 8.75. The molecule has 25 heavy (non-hydrogen) atoms. The highest BCUT2D eigenvalue weighted by Crippen LogP contribution is 2.23. The molecule has 1 aliphatic rings. The number of aliphatic hydroxyl groups excluding tert-OH is 1. The second kappa shape index (κ2) is 9.57. The van der Waals surface area contributed by atoms with Gasteiger partial charge in [-0.05, 0) is 31.9 Å². The Kier molecular flexibility index (Phi) is 7.45. The fourth-order valence-electron chi connectivity index (χ4n) is 3.06. The molecule has 0 spiro atoms. The van der Waals surface area contributed by atoms with Crippen LogP contribution in [-0.4, -0.2) is 66.3 Å². The Balaban J connectivity index is 1.89. The van der Waals surface area contributed by atoms with Crippen LogP contribution in [0.25, 0.3) is 0 Å². The van der Waals surface area contributed by atoms with E-state index in [1.165, 1.54) is 0 Å². The van der Waals surface area contributed by atoms with Crippen LogP contribution in [0.5, 0.6) is 0 Å². The normalized spacial score (nSPS) is 23.2. The van der Waals surface area contributed by atoms with Crippen molar-refractivity contribution in [2.75, 3.05) is 27.2 Å². The van der Waals surface area contributed by atoms with E-state index in [4.69, 9.17) is 11.2 Å². The van der Waals surface area contributed by atoms with E-state index >= 15 is 0 Å². The van der Waals surface area contributed by atoms with Crippen LogP contribution in [0.4, 0.5) is 0 Å². The van der Waals surface area contributed by atoms with E-state index in [1.807, 2.05) is 42.3 Å². The molecule has 0 unspecified atom stereocenters. The van der Waals surface area contributed by atoms with Crippen molar-refractivity contribution < 1.29 is 14.6 Å². The lowest BCUT2D eigenvalue weighted by molar-refractivity contribution is -0.167. The average molecular weight is 344 g/mol. The van der Waals surface area contributed by atoms with Crippen molar-refractivity contribution in [3.8, 4) is 12.3 Å². The number of aliphatic hydroxyl groups is 1. The summed E-state index contributed by atoms with van der Waals surface area (Å²) in [5.41, 5.74) is 1.05. The molecule has 1 fully saturated rings. The van der Waals surface area contributed by atoms with Crippen LogP contribution in [0, 0.1) is 12.3 Å². The van der Waals surface area contributed by atoms with E-state index in [1.54, 1.807) is 11.9 Å². The summed E-state index contributed by atoms with van der Waals surface area (Å²) >= 11 is 0. The number of carbonyl (C=O) groups is 1. The number of carbonyl (C=O) groups excluding carboxylic acids is 1. The van der Waals surface area contributed by atoms with E-state index in [-0.39, 0.29) is 12.0 Å². The summed E-state index contributed by atoms with van der Waals surface area (Å²) in [7, 11) is 3.71. The highest BCUT2D eigenvalue weighted by atomic mass is 16.5. The molecule has 1 N–H and O–H groups in total. The molecule has 136 valence electrons. The van der Waals surface area contributed by atoms with Gasteiger partial charge in [-0.3, -0.25) is 9.69 Å². The molecular formula is C20H28N2O3. The van der Waals surface area contributed by atoms with Crippen molar-refractivity contribution in [1.82, 2.24) is 9.80 Å². The van der Waals surface area contributed by atoms with E-state index in [9.17, 15) is 9.90 Å². The van der Waals surface area contributed by atoms with Crippen LogP contribution in [0.2, 0.25) is 0 Å². The molecular weight excluding hydrogens is 316 g/mol. The lowest BCUT2D eigenvalue weighted by Gasteiger charge is -2.35. The third kappa shape index (κ3) is 5.86. The maximum Gasteiger partial charge on any atom is 0.254 e. The number of hydrogen-bond donors (Lipinski definition) is 1. The van der Waals surface area contributed by atoms with Crippen molar-refractivity contribution in [3.05, 3.63) is 35.9 Å². The number of nitrogens with zero attached hydrogens (tertiary/aromatic N) is 2. The number of benzene rings is 1. The zero-order valence-electron chi connectivity index (χ0n) is 15.1. The summed E-state index contributed by atoms with van der Waals surface area (Å²) < 4.78 is 5.93. The van der Waals surface area contributed by atoms with Crippen LogP contribution in [0.15, 0.2) is 30.3 Å². The monoisotopic (exact) mass is 344 g/mol. The molecule has 0 aromatic heterocycles. The first-order chi connectivity index (χ1) is 12.0. The van der Waals surface area contributed by atoms with Gasteiger partial charge in [-0.2, -0.15) is 0 Å². The minimum atomic E-state index is -0.787. The molecule has 1 heterocycles.